The molecular weight excluding hydrogens is 336 g/mol. The SMILES string of the molecule is Cc1cc(Nc2nc(Nc3cccc(Cl)c3)nc3ccccc23)n[nH]1. The van der Waals surface area contributed by atoms with Gasteiger partial charge in [-0.05, 0) is 37.3 Å². The van der Waals surface area contributed by atoms with Crippen LogP contribution in [0.3, 0.4) is 0 Å². The zero-order valence-electron chi connectivity index (χ0n) is 13.4. The summed E-state index contributed by atoms with van der Waals surface area (Å²) in [5.41, 5.74) is 2.62. The van der Waals surface area contributed by atoms with Gasteiger partial charge in [-0.1, -0.05) is 29.8 Å². The summed E-state index contributed by atoms with van der Waals surface area (Å²) in [6.07, 6.45) is 0. The van der Waals surface area contributed by atoms with Crippen molar-refractivity contribution in [1.29, 1.82) is 0 Å². The Morgan fingerprint density at radius 3 is 2.64 bits per heavy atom. The zero-order valence-corrected chi connectivity index (χ0v) is 14.2. The Labute approximate surface area is 149 Å². The highest BCUT2D eigenvalue weighted by Crippen LogP contribution is 2.26. The van der Waals surface area contributed by atoms with Crippen molar-refractivity contribution >= 4 is 45.8 Å². The predicted molar refractivity (Wildman–Crippen MR) is 101 cm³/mol. The molecule has 0 aliphatic carbocycles. The molecule has 4 rings (SSSR count). The Morgan fingerprint density at radius 2 is 1.84 bits per heavy atom. The second-order valence-electron chi connectivity index (χ2n) is 5.61. The summed E-state index contributed by atoms with van der Waals surface area (Å²) >= 11 is 6.04. The van der Waals surface area contributed by atoms with E-state index in [4.69, 9.17) is 11.6 Å². The fourth-order valence-electron chi connectivity index (χ4n) is 2.53. The van der Waals surface area contributed by atoms with Gasteiger partial charge in [0.15, 0.2) is 5.82 Å². The minimum absolute atomic E-state index is 0.482. The van der Waals surface area contributed by atoms with Gasteiger partial charge in [0.1, 0.15) is 5.82 Å². The van der Waals surface area contributed by atoms with Gasteiger partial charge in [-0.15, -0.1) is 0 Å². The monoisotopic (exact) mass is 350 g/mol. The van der Waals surface area contributed by atoms with Crippen LogP contribution < -0.4 is 10.6 Å². The largest absolute Gasteiger partial charge is 0.324 e. The Kier molecular flexibility index (Phi) is 3.95. The summed E-state index contributed by atoms with van der Waals surface area (Å²) in [6, 6.07) is 17.2. The third-order valence-electron chi connectivity index (χ3n) is 3.64. The lowest BCUT2D eigenvalue weighted by Crippen LogP contribution is -2.02. The molecule has 0 radical (unpaired) electrons. The highest BCUT2D eigenvalue weighted by molar-refractivity contribution is 6.30. The molecule has 3 N–H and O–H groups in total. The number of para-hydroxylation sites is 1. The fraction of sp³-hybridized carbons (Fsp3) is 0.0556. The van der Waals surface area contributed by atoms with Gasteiger partial charge < -0.3 is 10.6 Å². The van der Waals surface area contributed by atoms with Crippen LogP contribution in [-0.2, 0) is 0 Å². The van der Waals surface area contributed by atoms with Gasteiger partial charge in [0.25, 0.3) is 0 Å². The molecule has 0 spiro atoms. The summed E-state index contributed by atoms with van der Waals surface area (Å²) in [5, 5.41) is 15.1. The molecule has 2 aromatic carbocycles. The highest BCUT2D eigenvalue weighted by atomic mass is 35.5. The molecule has 2 aromatic heterocycles. The molecule has 0 saturated carbocycles. The Bertz CT molecular complexity index is 1040. The van der Waals surface area contributed by atoms with Gasteiger partial charge in [-0.2, -0.15) is 10.1 Å². The van der Waals surface area contributed by atoms with E-state index in [1.807, 2.05) is 61.5 Å². The van der Waals surface area contributed by atoms with Crippen molar-refractivity contribution < 1.29 is 0 Å². The number of nitrogens with one attached hydrogen (secondary N) is 3. The maximum Gasteiger partial charge on any atom is 0.229 e. The van der Waals surface area contributed by atoms with Crippen molar-refractivity contribution in [3.8, 4) is 0 Å². The van der Waals surface area contributed by atoms with E-state index in [1.165, 1.54) is 0 Å². The lowest BCUT2D eigenvalue weighted by molar-refractivity contribution is 1.05. The van der Waals surface area contributed by atoms with Gasteiger partial charge in [0, 0.05) is 27.9 Å². The van der Waals surface area contributed by atoms with Gasteiger partial charge in [-0.25, -0.2) is 4.98 Å². The molecular formula is C18H15ClN6. The first-order valence-corrected chi connectivity index (χ1v) is 8.13. The topological polar surface area (TPSA) is 78.5 Å². The maximum atomic E-state index is 6.04. The van der Waals surface area contributed by atoms with Crippen molar-refractivity contribution in [3.05, 3.63) is 65.3 Å². The van der Waals surface area contributed by atoms with Crippen molar-refractivity contribution in [1.82, 2.24) is 20.2 Å². The summed E-state index contributed by atoms with van der Waals surface area (Å²) in [7, 11) is 0. The van der Waals surface area contributed by atoms with Crippen LogP contribution in [0.4, 0.5) is 23.3 Å². The van der Waals surface area contributed by atoms with E-state index in [2.05, 4.69) is 30.8 Å². The molecule has 0 fully saturated rings. The highest BCUT2D eigenvalue weighted by Gasteiger charge is 2.09. The standard InChI is InChI=1S/C18H15ClN6/c1-11-9-16(25-24-11)22-17-14-7-2-3-8-15(14)21-18(23-17)20-13-6-4-5-12(19)10-13/h2-10H,1H3,(H3,20,21,22,23,24,25). The van der Waals surface area contributed by atoms with Crippen molar-refractivity contribution in [2.75, 3.05) is 10.6 Å². The molecule has 0 amide bonds. The van der Waals surface area contributed by atoms with Crippen LogP contribution in [0.1, 0.15) is 5.69 Å². The van der Waals surface area contributed by atoms with Gasteiger partial charge in [0.2, 0.25) is 5.95 Å². The molecule has 7 heteroatoms. The second kappa shape index (κ2) is 6.41. The molecule has 0 unspecified atom stereocenters. The van der Waals surface area contributed by atoms with Crippen LogP contribution in [0.25, 0.3) is 10.9 Å². The van der Waals surface area contributed by atoms with Crippen molar-refractivity contribution in [2.45, 2.75) is 6.92 Å². The summed E-state index contributed by atoms with van der Waals surface area (Å²) in [5.74, 6) is 1.87. The van der Waals surface area contributed by atoms with Crippen LogP contribution in [0, 0.1) is 6.92 Å². The number of fused-ring (bicyclic) bond motifs is 1. The van der Waals surface area contributed by atoms with E-state index in [9.17, 15) is 0 Å². The number of hydrogen-bond acceptors (Lipinski definition) is 5. The Balaban J connectivity index is 1.75. The lowest BCUT2D eigenvalue weighted by Gasteiger charge is -2.10. The third-order valence-corrected chi connectivity index (χ3v) is 3.87. The number of rotatable bonds is 4. The van der Waals surface area contributed by atoms with Crippen LogP contribution in [0.15, 0.2) is 54.6 Å². The Morgan fingerprint density at radius 1 is 0.960 bits per heavy atom. The number of H-pyrrole nitrogens is 1. The second-order valence-corrected chi connectivity index (χ2v) is 6.05. The normalized spacial score (nSPS) is 10.8. The first-order chi connectivity index (χ1) is 12.2. The summed E-state index contributed by atoms with van der Waals surface area (Å²) in [6.45, 7) is 1.95. The molecule has 0 aliphatic rings. The van der Waals surface area contributed by atoms with E-state index >= 15 is 0 Å². The van der Waals surface area contributed by atoms with Crippen molar-refractivity contribution in [3.63, 3.8) is 0 Å². The van der Waals surface area contributed by atoms with Gasteiger partial charge in [-0.3, -0.25) is 5.10 Å². The number of hydrogen-bond donors (Lipinski definition) is 3. The number of halogens is 1. The number of aromatic nitrogens is 4. The molecule has 4 aromatic rings. The van der Waals surface area contributed by atoms with E-state index < -0.39 is 0 Å². The van der Waals surface area contributed by atoms with Crippen LogP contribution in [0.5, 0.6) is 0 Å². The Hall–Kier alpha value is -3.12. The van der Waals surface area contributed by atoms with E-state index in [1.54, 1.807) is 0 Å². The number of nitrogens with zero attached hydrogens (tertiary/aromatic N) is 3. The minimum Gasteiger partial charge on any atom is -0.324 e. The van der Waals surface area contributed by atoms with Crippen LogP contribution in [0.2, 0.25) is 5.02 Å². The molecule has 0 bridgehead atoms. The first-order valence-electron chi connectivity index (χ1n) is 7.76. The quantitative estimate of drug-likeness (QED) is 0.492. The van der Waals surface area contributed by atoms with E-state index in [-0.39, 0.29) is 0 Å². The average molecular weight is 351 g/mol. The molecule has 2 heterocycles. The average Bonchev–Trinajstić information content (AvgIpc) is 3.00. The molecule has 0 atom stereocenters. The van der Waals surface area contributed by atoms with Crippen LogP contribution >= 0.6 is 11.6 Å². The number of aryl methyl sites for hydroxylation is 1. The van der Waals surface area contributed by atoms with E-state index in [0.717, 1.165) is 22.3 Å². The maximum absolute atomic E-state index is 6.04. The molecule has 0 saturated heterocycles. The smallest absolute Gasteiger partial charge is 0.229 e. The molecule has 6 nitrogen and oxygen atoms in total. The van der Waals surface area contributed by atoms with Gasteiger partial charge >= 0.3 is 0 Å². The zero-order chi connectivity index (χ0) is 17.2. The third kappa shape index (κ3) is 3.39. The van der Waals surface area contributed by atoms with Crippen molar-refractivity contribution in [2.24, 2.45) is 0 Å². The minimum atomic E-state index is 0.482. The summed E-state index contributed by atoms with van der Waals surface area (Å²) in [4.78, 5) is 9.17. The predicted octanol–water partition coefficient (Wildman–Crippen LogP) is 4.80. The number of benzene rings is 2. The number of anilines is 4. The molecule has 0 aliphatic heterocycles. The molecule has 25 heavy (non-hydrogen) atoms. The first kappa shape index (κ1) is 15.4. The summed E-state index contributed by atoms with van der Waals surface area (Å²) < 4.78 is 0. The van der Waals surface area contributed by atoms with E-state index in [0.29, 0.717) is 22.6 Å². The molecule has 124 valence electrons. The number of aromatic amines is 1. The van der Waals surface area contributed by atoms with Gasteiger partial charge in [0.05, 0.1) is 5.52 Å². The lowest BCUT2D eigenvalue weighted by atomic mass is 10.2. The fourth-order valence-corrected chi connectivity index (χ4v) is 2.72. The van der Waals surface area contributed by atoms with Crippen LogP contribution in [-0.4, -0.2) is 20.2 Å².